The van der Waals surface area contributed by atoms with Crippen LogP contribution >= 0.6 is 0 Å². The van der Waals surface area contributed by atoms with E-state index in [4.69, 9.17) is 0 Å². The second-order valence-corrected chi connectivity index (χ2v) is 5.72. The van der Waals surface area contributed by atoms with Gasteiger partial charge in [-0.2, -0.15) is 0 Å². The molecule has 0 heterocycles. The maximum atomic E-state index is 4.19. The fraction of sp³-hybridized carbons (Fsp3) is 0.529. The number of benzene rings is 1. The number of hydrogen-bond donors (Lipinski definition) is 1. The van der Waals surface area contributed by atoms with Crippen molar-refractivity contribution in [2.45, 2.75) is 39.2 Å². The summed E-state index contributed by atoms with van der Waals surface area (Å²) in [6.45, 7) is 9.86. The van der Waals surface area contributed by atoms with Gasteiger partial charge < -0.3 is 5.32 Å². The standard InChI is InChI=1S/C17H25N/c1-13-8-7-11-17(15(13)3)18-12-14(2)16-9-5-4-6-10-16/h4-6,9-10,13,15,17-18H,2,7-8,11-12H2,1,3H3. The molecule has 3 atom stereocenters. The monoisotopic (exact) mass is 243 g/mol. The van der Waals surface area contributed by atoms with E-state index >= 15 is 0 Å². The molecule has 1 aromatic carbocycles. The molecule has 1 saturated carbocycles. The predicted octanol–water partition coefficient (Wildman–Crippen LogP) is 4.11. The van der Waals surface area contributed by atoms with E-state index < -0.39 is 0 Å². The molecule has 0 spiro atoms. The Labute approximate surface area is 111 Å². The Morgan fingerprint density at radius 1 is 1.22 bits per heavy atom. The summed E-state index contributed by atoms with van der Waals surface area (Å²) in [6.07, 6.45) is 4.06. The quantitative estimate of drug-likeness (QED) is 0.839. The van der Waals surface area contributed by atoms with Crippen molar-refractivity contribution >= 4 is 5.57 Å². The van der Waals surface area contributed by atoms with Gasteiger partial charge in [0.1, 0.15) is 0 Å². The van der Waals surface area contributed by atoms with Crippen molar-refractivity contribution in [3.63, 3.8) is 0 Å². The highest BCUT2D eigenvalue weighted by Gasteiger charge is 2.26. The highest BCUT2D eigenvalue weighted by atomic mass is 14.9. The zero-order valence-corrected chi connectivity index (χ0v) is 11.7. The topological polar surface area (TPSA) is 12.0 Å². The summed E-state index contributed by atoms with van der Waals surface area (Å²) in [5.41, 5.74) is 2.45. The van der Waals surface area contributed by atoms with E-state index in [0.29, 0.717) is 6.04 Å². The number of nitrogens with one attached hydrogen (secondary N) is 1. The van der Waals surface area contributed by atoms with Gasteiger partial charge in [0.05, 0.1) is 0 Å². The first-order valence-corrected chi connectivity index (χ1v) is 7.15. The fourth-order valence-electron chi connectivity index (χ4n) is 2.90. The summed E-state index contributed by atoms with van der Waals surface area (Å²) in [6, 6.07) is 11.1. The van der Waals surface area contributed by atoms with E-state index in [0.717, 1.165) is 18.4 Å². The molecule has 1 aromatic rings. The van der Waals surface area contributed by atoms with Crippen LogP contribution in [0.1, 0.15) is 38.7 Å². The molecule has 1 aliphatic carbocycles. The minimum Gasteiger partial charge on any atom is -0.310 e. The Kier molecular flexibility index (Phi) is 4.60. The van der Waals surface area contributed by atoms with E-state index in [2.05, 4.69) is 56.1 Å². The van der Waals surface area contributed by atoms with Gasteiger partial charge in [-0.1, -0.05) is 63.6 Å². The Balaban J connectivity index is 1.86. The Morgan fingerprint density at radius 2 is 1.94 bits per heavy atom. The summed E-state index contributed by atoms with van der Waals surface area (Å²) in [5, 5.41) is 3.70. The Bertz CT molecular complexity index is 382. The molecule has 1 fully saturated rings. The first-order chi connectivity index (χ1) is 8.68. The van der Waals surface area contributed by atoms with Crippen molar-refractivity contribution in [3.05, 3.63) is 42.5 Å². The van der Waals surface area contributed by atoms with E-state index in [-0.39, 0.29) is 0 Å². The lowest BCUT2D eigenvalue weighted by Crippen LogP contribution is -2.41. The fourth-order valence-corrected chi connectivity index (χ4v) is 2.90. The Morgan fingerprint density at radius 3 is 2.67 bits per heavy atom. The van der Waals surface area contributed by atoms with Gasteiger partial charge in [-0.3, -0.25) is 0 Å². The van der Waals surface area contributed by atoms with E-state index in [1.54, 1.807) is 0 Å². The third-order valence-corrected chi connectivity index (χ3v) is 4.47. The van der Waals surface area contributed by atoms with Gasteiger partial charge in [0, 0.05) is 12.6 Å². The van der Waals surface area contributed by atoms with Gasteiger partial charge in [-0.05, 0) is 29.4 Å². The molecule has 98 valence electrons. The number of hydrogen-bond acceptors (Lipinski definition) is 1. The molecule has 1 N–H and O–H groups in total. The average Bonchev–Trinajstić information content (AvgIpc) is 2.41. The predicted molar refractivity (Wildman–Crippen MR) is 79.4 cm³/mol. The molecule has 0 saturated heterocycles. The van der Waals surface area contributed by atoms with E-state index in [1.807, 2.05) is 0 Å². The molecule has 0 amide bonds. The molecule has 0 radical (unpaired) electrons. The van der Waals surface area contributed by atoms with Gasteiger partial charge >= 0.3 is 0 Å². The smallest absolute Gasteiger partial charge is 0.0208 e. The molecule has 0 aromatic heterocycles. The molecule has 0 bridgehead atoms. The van der Waals surface area contributed by atoms with Crippen molar-refractivity contribution < 1.29 is 0 Å². The summed E-state index contributed by atoms with van der Waals surface area (Å²) >= 11 is 0. The molecular formula is C17H25N. The van der Waals surface area contributed by atoms with Crippen LogP contribution in [0.2, 0.25) is 0 Å². The van der Waals surface area contributed by atoms with Gasteiger partial charge in [0.25, 0.3) is 0 Å². The molecule has 1 nitrogen and oxygen atoms in total. The zero-order chi connectivity index (χ0) is 13.0. The minimum atomic E-state index is 0.661. The summed E-state index contributed by atoms with van der Waals surface area (Å²) < 4.78 is 0. The van der Waals surface area contributed by atoms with Gasteiger partial charge in [-0.15, -0.1) is 0 Å². The average molecular weight is 243 g/mol. The molecule has 0 aliphatic heterocycles. The molecular weight excluding hydrogens is 218 g/mol. The van der Waals surface area contributed by atoms with Crippen LogP contribution in [-0.2, 0) is 0 Å². The molecule has 18 heavy (non-hydrogen) atoms. The van der Waals surface area contributed by atoms with Crippen molar-refractivity contribution in [1.82, 2.24) is 5.32 Å². The lowest BCUT2D eigenvalue weighted by molar-refractivity contribution is 0.212. The van der Waals surface area contributed by atoms with Crippen LogP contribution < -0.4 is 5.32 Å². The lowest BCUT2D eigenvalue weighted by atomic mass is 9.78. The van der Waals surface area contributed by atoms with Crippen LogP contribution in [0, 0.1) is 11.8 Å². The SMILES string of the molecule is C=C(CNC1CCCC(C)C1C)c1ccccc1. The number of rotatable bonds is 4. The largest absolute Gasteiger partial charge is 0.310 e. The molecule has 3 unspecified atom stereocenters. The molecule has 1 aliphatic rings. The minimum absolute atomic E-state index is 0.661. The van der Waals surface area contributed by atoms with Gasteiger partial charge in [-0.25, -0.2) is 0 Å². The zero-order valence-electron chi connectivity index (χ0n) is 11.7. The van der Waals surface area contributed by atoms with Crippen molar-refractivity contribution in [2.75, 3.05) is 6.54 Å². The second kappa shape index (κ2) is 6.19. The summed E-state index contributed by atoms with van der Waals surface area (Å²) in [5.74, 6) is 1.63. The van der Waals surface area contributed by atoms with Crippen molar-refractivity contribution in [1.29, 1.82) is 0 Å². The normalized spacial score (nSPS) is 28.0. The maximum Gasteiger partial charge on any atom is 0.0208 e. The van der Waals surface area contributed by atoms with Crippen LogP contribution in [-0.4, -0.2) is 12.6 Å². The van der Waals surface area contributed by atoms with Gasteiger partial charge in [0.2, 0.25) is 0 Å². The molecule has 1 heteroatoms. The van der Waals surface area contributed by atoms with Gasteiger partial charge in [0.15, 0.2) is 0 Å². The Hall–Kier alpha value is -1.08. The van der Waals surface area contributed by atoms with Crippen molar-refractivity contribution in [3.8, 4) is 0 Å². The van der Waals surface area contributed by atoms with Crippen LogP contribution in [0.5, 0.6) is 0 Å². The molecule has 2 rings (SSSR count). The summed E-state index contributed by atoms with van der Waals surface area (Å²) in [7, 11) is 0. The van der Waals surface area contributed by atoms with Crippen LogP contribution in [0.3, 0.4) is 0 Å². The maximum absolute atomic E-state index is 4.19. The van der Waals surface area contributed by atoms with Crippen LogP contribution in [0.4, 0.5) is 0 Å². The summed E-state index contributed by atoms with van der Waals surface area (Å²) in [4.78, 5) is 0. The first-order valence-electron chi connectivity index (χ1n) is 7.15. The van der Waals surface area contributed by atoms with E-state index in [9.17, 15) is 0 Å². The third kappa shape index (κ3) is 3.23. The first kappa shape index (κ1) is 13.4. The lowest BCUT2D eigenvalue weighted by Gasteiger charge is -2.35. The highest BCUT2D eigenvalue weighted by Crippen LogP contribution is 2.29. The third-order valence-electron chi connectivity index (χ3n) is 4.47. The van der Waals surface area contributed by atoms with Crippen LogP contribution in [0.25, 0.3) is 5.57 Å². The van der Waals surface area contributed by atoms with E-state index in [1.165, 1.54) is 30.4 Å². The van der Waals surface area contributed by atoms with Crippen molar-refractivity contribution in [2.24, 2.45) is 11.8 Å². The van der Waals surface area contributed by atoms with Crippen LogP contribution in [0.15, 0.2) is 36.9 Å². The second-order valence-electron chi connectivity index (χ2n) is 5.72. The highest BCUT2D eigenvalue weighted by molar-refractivity contribution is 5.64.